The standard InChI is InChI=1S/C16H16O/c17-13-5-4-6-14-9-11-16(12-10-14)15-7-2-1-3-8-15/h1-4,6-12,17H,5,13H2. The van der Waals surface area contributed by atoms with Gasteiger partial charge in [0.15, 0.2) is 0 Å². The zero-order valence-corrected chi connectivity index (χ0v) is 9.71. The van der Waals surface area contributed by atoms with Gasteiger partial charge in [0.1, 0.15) is 0 Å². The van der Waals surface area contributed by atoms with Crippen LogP contribution in [0, 0.1) is 0 Å². The molecule has 0 spiro atoms. The smallest absolute Gasteiger partial charge is 0.0465 e. The summed E-state index contributed by atoms with van der Waals surface area (Å²) in [6.07, 6.45) is 4.73. The van der Waals surface area contributed by atoms with Crippen LogP contribution in [0.4, 0.5) is 0 Å². The largest absolute Gasteiger partial charge is 0.396 e. The minimum Gasteiger partial charge on any atom is -0.396 e. The lowest BCUT2D eigenvalue weighted by atomic mass is 10.0. The molecule has 0 aromatic heterocycles. The van der Waals surface area contributed by atoms with Gasteiger partial charge in [0, 0.05) is 6.61 Å². The quantitative estimate of drug-likeness (QED) is 0.838. The second-order valence-electron chi connectivity index (χ2n) is 3.90. The van der Waals surface area contributed by atoms with Crippen LogP contribution < -0.4 is 0 Å². The second kappa shape index (κ2) is 6.02. The topological polar surface area (TPSA) is 20.2 Å². The molecule has 0 radical (unpaired) electrons. The monoisotopic (exact) mass is 224 g/mol. The van der Waals surface area contributed by atoms with Gasteiger partial charge in [0.2, 0.25) is 0 Å². The summed E-state index contributed by atoms with van der Waals surface area (Å²) in [7, 11) is 0. The molecule has 0 amide bonds. The lowest BCUT2D eigenvalue weighted by Crippen LogP contribution is -1.79. The molecule has 1 nitrogen and oxygen atoms in total. The summed E-state index contributed by atoms with van der Waals surface area (Å²) >= 11 is 0. The molecular formula is C16H16O. The fourth-order valence-corrected chi connectivity index (χ4v) is 1.71. The molecule has 0 bridgehead atoms. The molecular weight excluding hydrogens is 208 g/mol. The first kappa shape index (κ1) is 11.6. The maximum atomic E-state index is 8.69. The number of aliphatic hydroxyl groups is 1. The highest BCUT2D eigenvalue weighted by atomic mass is 16.2. The van der Waals surface area contributed by atoms with Crippen molar-refractivity contribution in [2.24, 2.45) is 0 Å². The molecule has 1 N–H and O–H groups in total. The van der Waals surface area contributed by atoms with Crippen LogP contribution in [-0.2, 0) is 0 Å². The highest BCUT2D eigenvalue weighted by Crippen LogP contribution is 2.19. The molecule has 0 aliphatic heterocycles. The normalized spacial score (nSPS) is 10.9. The SMILES string of the molecule is OCCC=Cc1ccc(-c2ccccc2)cc1. The summed E-state index contributed by atoms with van der Waals surface area (Å²) < 4.78 is 0. The summed E-state index contributed by atoms with van der Waals surface area (Å²) in [4.78, 5) is 0. The van der Waals surface area contributed by atoms with Crippen LogP contribution in [0.15, 0.2) is 60.7 Å². The van der Waals surface area contributed by atoms with E-state index in [0.717, 1.165) is 5.56 Å². The molecule has 1 heteroatoms. The van der Waals surface area contributed by atoms with Crippen molar-refractivity contribution in [3.05, 3.63) is 66.2 Å². The molecule has 0 aliphatic rings. The molecule has 0 unspecified atom stereocenters. The molecule has 17 heavy (non-hydrogen) atoms. The Hall–Kier alpha value is -1.86. The lowest BCUT2D eigenvalue weighted by molar-refractivity contribution is 0.303. The van der Waals surface area contributed by atoms with Gasteiger partial charge < -0.3 is 5.11 Å². The Labute approximate surface area is 102 Å². The number of aliphatic hydroxyl groups excluding tert-OH is 1. The lowest BCUT2D eigenvalue weighted by Gasteiger charge is -2.01. The fourth-order valence-electron chi connectivity index (χ4n) is 1.71. The molecule has 0 fully saturated rings. The van der Waals surface area contributed by atoms with Crippen LogP contribution in [0.5, 0.6) is 0 Å². The van der Waals surface area contributed by atoms with Crippen molar-refractivity contribution in [3.8, 4) is 11.1 Å². The van der Waals surface area contributed by atoms with Crippen molar-refractivity contribution < 1.29 is 5.11 Å². The van der Waals surface area contributed by atoms with Gasteiger partial charge in [-0.2, -0.15) is 0 Å². The highest BCUT2D eigenvalue weighted by molar-refractivity contribution is 5.65. The van der Waals surface area contributed by atoms with Gasteiger partial charge in [-0.25, -0.2) is 0 Å². The first-order valence-electron chi connectivity index (χ1n) is 5.83. The second-order valence-corrected chi connectivity index (χ2v) is 3.90. The summed E-state index contributed by atoms with van der Waals surface area (Å²) in [6, 6.07) is 18.8. The van der Waals surface area contributed by atoms with Crippen LogP contribution in [0.1, 0.15) is 12.0 Å². The Kier molecular flexibility index (Phi) is 4.11. The maximum Gasteiger partial charge on any atom is 0.0465 e. The first-order valence-corrected chi connectivity index (χ1v) is 5.83. The molecule has 0 saturated carbocycles. The Morgan fingerprint density at radius 2 is 1.47 bits per heavy atom. The van der Waals surface area contributed by atoms with Crippen molar-refractivity contribution in [2.45, 2.75) is 6.42 Å². The van der Waals surface area contributed by atoms with Gasteiger partial charge in [-0.15, -0.1) is 0 Å². The average molecular weight is 224 g/mol. The van der Waals surface area contributed by atoms with E-state index in [-0.39, 0.29) is 6.61 Å². The van der Waals surface area contributed by atoms with Crippen LogP contribution in [0.2, 0.25) is 0 Å². The number of hydrogen-bond acceptors (Lipinski definition) is 1. The number of benzene rings is 2. The highest BCUT2D eigenvalue weighted by Gasteiger charge is 1.95. The van der Waals surface area contributed by atoms with E-state index in [9.17, 15) is 0 Å². The Bertz CT molecular complexity index is 469. The van der Waals surface area contributed by atoms with E-state index in [2.05, 4.69) is 36.4 Å². The van der Waals surface area contributed by atoms with Crippen LogP contribution in [0.25, 0.3) is 17.2 Å². The minimum absolute atomic E-state index is 0.207. The van der Waals surface area contributed by atoms with Gasteiger partial charge in [-0.05, 0) is 23.1 Å². The molecule has 2 rings (SSSR count). The third-order valence-corrected chi connectivity index (χ3v) is 2.62. The maximum absolute atomic E-state index is 8.69. The van der Waals surface area contributed by atoms with E-state index >= 15 is 0 Å². The van der Waals surface area contributed by atoms with Gasteiger partial charge in [0.05, 0.1) is 0 Å². The zero-order valence-electron chi connectivity index (χ0n) is 9.71. The van der Waals surface area contributed by atoms with Crippen molar-refractivity contribution >= 4 is 6.08 Å². The first-order chi connectivity index (χ1) is 8.40. The zero-order chi connectivity index (χ0) is 11.9. The third kappa shape index (κ3) is 3.30. The van der Waals surface area contributed by atoms with E-state index < -0.39 is 0 Å². The Balaban J connectivity index is 2.13. The number of hydrogen-bond donors (Lipinski definition) is 1. The molecule has 0 saturated heterocycles. The van der Waals surface area contributed by atoms with E-state index in [0.29, 0.717) is 6.42 Å². The molecule has 86 valence electrons. The van der Waals surface area contributed by atoms with Gasteiger partial charge >= 0.3 is 0 Å². The summed E-state index contributed by atoms with van der Waals surface area (Å²) in [5.41, 5.74) is 3.63. The summed E-state index contributed by atoms with van der Waals surface area (Å²) in [5.74, 6) is 0. The molecule has 2 aromatic carbocycles. The predicted octanol–water partition coefficient (Wildman–Crippen LogP) is 3.75. The molecule has 0 aliphatic carbocycles. The van der Waals surface area contributed by atoms with E-state index in [1.165, 1.54) is 11.1 Å². The molecule has 0 heterocycles. The Morgan fingerprint density at radius 3 is 2.12 bits per heavy atom. The predicted molar refractivity (Wildman–Crippen MR) is 72.6 cm³/mol. The minimum atomic E-state index is 0.207. The molecule has 2 aromatic rings. The van der Waals surface area contributed by atoms with Crippen LogP contribution >= 0.6 is 0 Å². The van der Waals surface area contributed by atoms with E-state index in [1.807, 2.05) is 30.4 Å². The fraction of sp³-hybridized carbons (Fsp3) is 0.125. The number of rotatable bonds is 4. The Morgan fingerprint density at radius 1 is 0.824 bits per heavy atom. The molecule has 0 atom stereocenters. The van der Waals surface area contributed by atoms with E-state index in [1.54, 1.807) is 0 Å². The van der Waals surface area contributed by atoms with Crippen molar-refractivity contribution in [3.63, 3.8) is 0 Å². The summed E-state index contributed by atoms with van der Waals surface area (Å²) in [5, 5.41) is 8.69. The van der Waals surface area contributed by atoms with Crippen molar-refractivity contribution in [1.29, 1.82) is 0 Å². The van der Waals surface area contributed by atoms with E-state index in [4.69, 9.17) is 5.11 Å². The van der Waals surface area contributed by atoms with Crippen molar-refractivity contribution in [2.75, 3.05) is 6.61 Å². The summed E-state index contributed by atoms with van der Waals surface area (Å²) in [6.45, 7) is 0.207. The van der Waals surface area contributed by atoms with Crippen molar-refractivity contribution in [1.82, 2.24) is 0 Å². The average Bonchev–Trinajstić information content (AvgIpc) is 2.41. The third-order valence-electron chi connectivity index (χ3n) is 2.62. The van der Waals surface area contributed by atoms with Crippen LogP contribution in [0.3, 0.4) is 0 Å². The van der Waals surface area contributed by atoms with Gasteiger partial charge in [-0.3, -0.25) is 0 Å². The van der Waals surface area contributed by atoms with Crippen LogP contribution in [-0.4, -0.2) is 11.7 Å². The van der Waals surface area contributed by atoms with Gasteiger partial charge in [-0.1, -0.05) is 66.7 Å². The van der Waals surface area contributed by atoms with Gasteiger partial charge in [0.25, 0.3) is 0 Å².